The molecule has 2 aromatic heterocycles. The number of amides is 1. The molecule has 0 spiro atoms. The molecule has 1 aliphatic rings. The van der Waals surface area contributed by atoms with Crippen molar-refractivity contribution in [1.82, 2.24) is 24.6 Å². The van der Waals surface area contributed by atoms with Crippen LogP contribution in [0.25, 0.3) is 0 Å². The molecule has 4 rings (SSSR count). The molecule has 7 heteroatoms. The van der Waals surface area contributed by atoms with Gasteiger partial charge in [0.1, 0.15) is 17.3 Å². The Kier molecular flexibility index (Phi) is 5.06. The Morgan fingerprint density at radius 2 is 1.86 bits per heavy atom. The first-order valence-electron chi connectivity index (χ1n) is 9.46. The van der Waals surface area contributed by atoms with Gasteiger partial charge in [0.2, 0.25) is 5.88 Å². The number of aromatic nitrogens is 4. The van der Waals surface area contributed by atoms with Crippen LogP contribution in [0.4, 0.5) is 0 Å². The second-order valence-electron chi connectivity index (χ2n) is 7.06. The summed E-state index contributed by atoms with van der Waals surface area (Å²) < 4.78 is 7.53. The van der Waals surface area contributed by atoms with Crippen LogP contribution in [0.15, 0.2) is 48.7 Å². The zero-order chi connectivity index (χ0) is 19.5. The van der Waals surface area contributed by atoms with Gasteiger partial charge in [-0.25, -0.2) is 4.98 Å². The quantitative estimate of drug-likeness (QED) is 0.697. The molecule has 0 N–H and O–H groups in total. The van der Waals surface area contributed by atoms with E-state index in [0.29, 0.717) is 24.7 Å². The molecule has 7 nitrogen and oxygen atoms in total. The molecule has 0 aliphatic carbocycles. The van der Waals surface area contributed by atoms with Crippen LogP contribution in [0.1, 0.15) is 40.8 Å². The minimum Gasteiger partial charge on any atom is -0.439 e. The molecule has 0 radical (unpaired) electrons. The van der Waals surface area contributed by atoms with E-state index in [2.05, 4.69) is 15.1 Å². The Balaban J connectivity index is 1.43. The van der Waals surface area contributed by atoms with Crippen LogP contribution < -0.4 is 4.74 Å². The predicted octanol–water partition coefficient (Wildman–Crippen LogP) is 3.33. The monoisotopic (exact) mass is 377 g/mol. The first-order chi connectivity index (χ1) is 13.6. The average Bonchev–Trinajstić information content (AvgIpc) is 3.14. The highest BCUT2D eigenvalue weighted by Crippen LogP contribution is 2.29. The average molecular weight is 377 g/mol. The Hall–Kier alpha value is -3.22. The van der Waals surface area contributed by atoms with Crippen molar-refractivity contribution in [1.29, 1.82) is 0 Å². The van der Waals surface area contributed by atoms with Gasteiger partial charge in [-0.2, -0.15) is 10.1 Å². The van der Waals surface area contributed by atoms with Crippen LogP contribution in [-0.4, -0.2) is 43.6 Å². The summed E-state index contributed by atoms with van der Waals surface area (Å²) in [5.74, 6) is 2.29. The number of aryl methyl sites for hydroxylation is 2. The highest BCUT2D eigenvalue weighted by atomic mass is 16.5. The second-order valence-corrected chi connectivity index (χ2v) is 7.06. The smallest absolute Gasteiger partial charge is 0.274 e. The summed E-state index contributed by atoms with van der Waals surface area (Å²) in [6.45, 7) is 3.29. The number of carbonyl (C=O) groups excluding carboxylic acids is 1. The number of hydrogen-bond acceptors (Lipinski definition) is 5. The Labute approximate surface area is 164 Å². The summed E-state index contributed by atoms with van der Waals surface area (Å²) in [6, 6.07) is 13.2. The van der Waals surface area contributed by atoms with Gasteiger partial charge in [-0.3, -0.25) is 9.48 Å². The largest absolute Gasteiger partial charge is 0.439 e. The molecule has 144 valence electrons. The minimum atomic E-state index is -0.0164. The molecule has 1 aliphatic heterocycles. The predicted molar refractivity (Wildman–Crippen MR) is 104 cm³/mol. The molecule has 3 aromatic rings. The van der Waals surface area contributed by atoms with Gasteiger partial charge < -0.3 is 9.64 Å². The zero-order valence-electron chi connectivity index (χ0n) is 16.1. The van der Waals surface area contributed by atoms with E-state index in [0.717, 1.165) is 30.1 Å². The summed E-state index contributed by atoms with van der Waals surface area (Å²) >= 11 is 0. The van der Waals surface area contributed by atoms with E-state index in [4.69, 9.17) is 4.74 Å². The number of likely N-dealkylation sites (tertiary alicyclic amines) is 1. The number of ether oxygens (including phenoxy) is 1. The highest BCUT2D eigenvalue weighted by molar-refractivity contribution is 5.92. The number of para-hydroxylation sites is 1. The highest BCUT2D eigenvalue weighted by Gasteiger charge is 2.27. The fourth-order valence-electron chi connectivity index (χ4n) is 3.44. The zero-order valence-corrected chi connectivity index (χ0v) is 16.1. The SMILES string of the molecule is Cc1cc(Oc2ccccc2)nc(C2CCN(C(=O)c3ccn(C)n3)CC2)n1. The second kappa shape index (κ2) is 7.80. The molecule has 0 atom stereocenters. The van der Waals surface area contributed by atoms with Crippen molar-refractivity contribution in [2.75, 3.05) is 13.1 Å². The summed E-state index contributed by atoms with van der Waals surface area (Å²) in [5.41, 5.74) is 1.37. The minimum absolute atomic E-state index is 0.0164. The number of benzene rings is 1. The third-order valence-corrected chi connectivity index (χ3v) is 4.89. The van der Waals surface area contributed by atoms with E-state index in [1.807, 2.05) is 55.3 Å². The Morgan fingerprint density at radius 3 is 2.54 bits per heavy atom. The molecular weight excluding hydrogens is 354 g/mol. The fraction of sp³-hybridized carbons (Fsp3) is 0.333. The van der Waals surface area contributed by atoms with Crippen LogP contribution in [0.2, 0.25) is 0 Å². The van der Waals surface area contributed by atoms with E-state index in [9.17, 15) is 4.79 Å². The van der Waals surface area contributed by atoms with E-state index < -0.39 is 0 Å². The van der Waals surface area contributed by atoms with Crippen LogP contribution in [0.5, 0.6) is 11.6 Å². The van der Waals surface area contributed by atoms with Crippen LogP contribution >= 0.6 is 0 Å². The van der Waals surface area contributed by atoms with Crippen molar-refractivity contribution < 1.29 is 9.53 Å². The molecule has 0 bridgehead atoms. The molecule has 1 fully saturated rings. The lowest BCUT2D eigenvalue weighted by atomic mass is 9.95. The van der Waals surface area contributed by atoms with Gasteiger partial charge in [0.15, 0.2) is 0 Å². The molecule has 1 aromatic carbocycles. The third-order valence-electron chi connectivity index (χ3n) is 4.89. The van der Waals surface area contributed by atoms with Gasteiger partial charge in [-0.1, -0.05) is 18.2 Å². The van der Waals surface area contributed by atoms with Crippen LogP contribution in [0.3, 0.4) is 0 Å². The maximum atomic E-state index is 12.6. The van der Waals surface area contributed by atoms with E-state index in [1.165, 1.54) is 0 Å². The van der Waals surface area contributed by atoms with Crippen molar-refractivity contribution in [3.05, 3.63) is 65.9 Å². The van der Waals surface area contributed by atoms with E-state index in [-0.39, 0.29) is 11.8 Å². The standard InChI is InChI=1S/C21H23N5O2/c1-15-14-19(28-17-6-4-3-5-7-17)23-20(22-15)16-8-12-26(13-9-16)21(27)18-10-11-25(2)24-18/h3-7,10-11,14,16H,8-9,12-13H2,1-2H3. The van der Waals surface area contributed by atoms with Crippen molar-refractivity contribution in [2.24, 2.45) is 7.05 Å². The third kappa shape index (κ3) is 4.03. The summed E-state index contributed by atoms with van der Waals surface area (Å²) in [7, 11) is 1.81. The van der Waals surface area contributed by atoms with Crippen LogP contribution in [-0.2, 0) is 7.05 Å². The van der Waals surface area contributed by atoms with Gasteiger partial charge in [0.05, 0.1) is 0 Å². The molecule has 28 heavy (non-hydrogen) atoms. The Bertz CT molecular complexity index is 962. The van der Waals surface area contributed by atoms with Crippen molar-refractivity contribution in [2.45, 2.75) is 25.7 Å². The summed E-state index contributed by atoms with van der Waals surface area (Å²) in [4.78, 5) is 23.7. The number of nitrogens with zero attached hydrogens (tertiary/aromatic N) is 5. The number of piperidine rings is 1. The maximum absolute atomic E-state index is 12.6. The van der Waals surface area contributed by atoms with Gasteiger partial charge in [-0.05, 0) is 38.0 Å². The Morgan fingerprint density at radius 1 is 1.11 bits per heavy atom. The lowest BCUT2D eigenvalue weighted by Crippen LogP contribution is -2.38. The normalized spacial score (nSPS) is 14.9. The van der Waals surface area contributed by atoms with Gasteiger partial charge >= 0.3 is 0 Å². The van der Waals surface area contributed by atoms with Crippen LogP contribution in [0, 0.1) is 6.92 Å². The first-order valence-corrected chi connectivity index (χ1v) is 9.46. The van der Waals surface area contributed by atoms with E-state index in [1.54, 1.807) is 16.9 Å². The molecule has 3 heterocycles. The molecule has 0 saturated carbocycles. The van der Waals surface area contributed by atoms with Gasteiger partial charge in [0.25, 0.3) is 5.91 Å². The van der Waals surface area contributed by atoms with E-state index >= 15 is 0 Å². The molecule has 0 unspecified atom stereocenters. The van der Waals surface area contributed by atoms with Gasteiger partial charge in [-0.15, -0.1) is 0 Å². The maximum Gasteiger partial charge on any atom is 0.274 e. The first kappa shape index (κ1) is 18.2. The summed E-state index contributed by atoms with van der Waals surface area (Å²) in [6.07, 6.45) is 3.44. The lowest BCUT2D eigenvalue weighted by Gasteiger charge is -2.31. The van der Waals surface area contributed by atoms with Crippen molar-refractivity contribution in [3.63, 3.8) is 0 Å². The summed E-state index contributed by atoms with van der Waals surface area (Å²) in [5, 5.41) is 4.21. The number of hydrogen-bond donors (Lipinski definition) is 0. The topological polar surface area (TPSA) is 73.1 Å². The van der Waals surface area contributed by atoms with Gasteiger partial charge in [0, 0.05) is 44.0 Å². The van der Waals surface area contributed by atoms with Crippen molar-refractivity contribution >= 4 is 5.91 Å². The molecule has 1 amide bonds. The van der Waals surface area contributed by atoms with Crippen molar-refractivity contribution in [3.8, 4) is 11.6 Å². The molecule has 1 saturated heterocycles. The number of carbonyl (C=O) groups is 1. The lowest BCUT2D eigenvalue weighted by molar-refractivity contribution is 0.0704. The molecular formula is C21H23N5O2. The number of rotatable bonds is 4. The fourth-order valence-corrected chi connectivity index (χ4v) is 3.44.